The SMILES string of the molecule is Cc1c(Br)ccc(S(C)(=O)=O)c1C1=NOC(CCCCCl)C1. The highest BCUT2D eigenvalue weighted by molar-refractivity contribution is 9.10. The molecule has 1 aromatic rings. The molecule has 0 fully saturated rings. The van der Waals surface area contributed by atoms with Gasteiger partial charge in [-0.2, -0.15) is 0 Å². The molecular formula is C15H19BrClNO3S. The molecule has 7 heteroatoms. The first kappa shape index (κ1) is 17.8. The number of hydrogen-bond acceptors (Lipinski definition) is 4. The van der Waals surface area contributed by atoms with Gasteiger partial charge in [0.2, 0.25) is 0 Å². The van der Waals surface area contributed by atoms with Gasteiger partial charge in [0.05, 0.1) is 10.6 Å². The molecule has 0 aromatic heterocycles. The fourth-order valence-corrected chi connectivity index (χ4v) is 4.00. The Morgan fingerprint density at radius 2 is 2.14 bits per heavy atom. The Morgan fingerprint density at radius 3 is 2.77 bits per heavy atom. The van der Waals surface area contributed by atoms with Crippen LogP contribution in [0.4, 0.5) is 0 Å². The second kappa shape index (κ2) is 7.32. The number of hydrogen-bond donors (Lipinski definition) is 0. The van der Waals surface area contributed by atoms with Gasteiger partial charge in [0, 0.05) is 28.6 Å². The first-order valence-corrected chi connectivity index (χ1v) is 10.3. The third kappa shape index (κ3) is 4.03. The van der Waals surface area contributed by atoms with Crippen molar-refractivity contribution in [2.45, 2.75) is 43.6 Å². The summed E-state index contributed by atoms with van der Waals surface area (Å²) in [6.45, 7) is 1.89. The number of sulfone groups is 1. The first-order chi connectivity index (χ1) is 10.3. The van der Waals surface area contributed by atoms with Gasteiger partial charge in [-0.25, -0.2) is 8.42 Å². The lowest BCUT2D eigenvalue weighted by molar-refractivity contribution is 0.0775. The smallest absolute Gasteiger partial charge is 0.176 e. The van der Waals surface area contributed by atoms with Crippen molar-refractivity contribution >= 4 is 43.1 Å². The summed E-state index contributed by atoms with van der Waals surface area (Å²) < 4.78 is 24.9. The standard InChI is InChI=1S/C15H19BrClNO3S/c1-10-12(16)6-7-14(22(2,19)20)15(10)13-9-11(21-18-13)5-3-4-8-17/h6-7,11H,3-5,8-9H2,1-2H3. The molecule has 0 N–H and O–H groups in total. The summed E-state index contributed by atoms with van der Waals surface area (Å²) >= 11 is 9.13. The van der Waals surface area contributed by atoms with Crippen LogP contribution in [0, 0.1) is 6.92 Å². The van der Waals surface area contributed by atoms with E-state index in [0.717, 1.165) is 29.3 Å². The summed E-state index contributed by atoms with van der Waals surface area (Å²) in [6.07, 6.45) is 4.65. The lowest BCUT2D eigenvalue weighted by Gasteiger charge is -2.12. The van der Waals surface area contributed by atoms with E-state index >= 15 is 0 Å². The molecule has 1 unspecified atom stereocenters. The van der Waals surface area contributed by atoms with Crippen LogP contribution in [-0.2, 0) is 14.7 Å². The van der Waals surface area contributed by atoms with E-state index in [9.17, 15) is 8.42 Å². The molecule has 1 aromatic carbocycles. The van der Waals surface area contributed by atoms with Crippen LogP contribution in [0.2, 0.25) is 0 Å². The highest BCUT2D eigenvalue weighted by atomic mass is 79.9. The normalized spacial score (nSPS) is 18.2. The number of nitrogens with zero attached hydrogens (tertiary/aromatic N) is 1. The maximum Gasteiger partial charge on any atom is 0.176 e. The van der Waals surface area contributed by atoms with Crippen molar-refractivity contribution in [3.63, 3.8) is 0 Å². The third-order valence-corrected chi connectivity index (χ3v) is 5.96. The first-order valence-electron chi connectivity index (χ1n) is 7.12. The Morgan fingerprint density at radius 1 is 1.41 bits per heavy atom. The minimum absolute atomic E-state index is 0.00371. The molecule has 1 heterocycles. The molecule has 2 rings (SSSR count). The second-order valence-electron chi connectivity index (χ2n) is 5.47. The van der Waals surface area contributed by atoms with Crippen molar-refractivity contribution in [2.24, 2.45) is 5.16 Å². The van der Waals surface area contributed by atoms with Gasteiger partial charge in [-0.3, -0.25) is 0 Å². The van der Waals surface area contributed by atoms with Gasteiger partial charge in [0.1, 0.15) is 6.10 Å². The molecule has 1 aliphatic rings. The summed E-state index contributed by atoms with van der Waals surface area (Å²) in [5.74, 6) is 0.642. The lowest BCUT2D eigenvalue weighted by atomic mass is 9.98. The van der Waals surface area contributed by atoms with E-state index in [1.54, 1.807) is 12.1 Å². The van der Waals surface area contributed by atoms with E-state index in [1.807, 2.05) is 6.92 Å². The van der Waals surface area contributed by atoms with E-state index in [0.29, 0.717) is 28.5 Å². The van der Waals surface area contributed by atoms with Crippen LogP contribution in [0.3, 0.4) is 0 Å². The Balaban J connectivity index is 2.28. The molecule has 0 radical (unpaired) electrons. The van der Waals surface area contributed by atoms with E-state index < -0.39 is 9.84 Å². The van der Waals surface area contributed by atoms with Crippen molar-refractivity contribution < 1.29 is 13.3 Å². The van der Waals surface area contributed by atoms with Crippen LogP contribution in [0.15, 0.2) is 26.7 Å². The molecule has 22 heavy (non-hydrogen) atoms. The second-order valence-corrected chi connectivity index (χ2v) is 8.69. The average molecular weight is 409 g/mol. The highest BCUT2D eigenvalue weighted by Gasteiger charge is 2.28. The monoisotopic (exact) mass is 407 g/mol. The Labute approximate surface area is 144 Å². The van der Waals surface area contributed by atoms with Gasteiger partial charge in [-0.05, 0) is 43.9 Å². The highest BCUT2D eigenvalue weighted by Crippen LogP contribution is 2.31. The van der Waals surface area contributed by atoms with Gasteiger partial charge in [-0.15, -0.1) is 11.6 Å². The number of benzene rings is 1. The van der Waals surface area contributed by atoms with Crippen molar-refractivity contribution in [3.8, 4) is 0 Å². The molecule has 122 valence electrons. The number of unbranched alkanes of at least 4 members (excludes halogenated alkanes) is 1. The van der Waals surface area contributed by atoms with Crippen molar-refractivity contribution in [1.82, 2.24) is 0 Å². The summed E-state index contributed by atoms with van der Waals surface area (Å²) in [7, 11) is -3.32. The maximum absolute atomic E-state index is 12.0. The van der Waals surface area contributed by atoms with E-state index in [1.165, 1.54) is 6.26 Å². The van der Waals surface area contributed by atoms with Gasteiger partial charge in [0.15, 0.2) is 9.84 Å². The summed E-state index contributed by atoms with van der Waals surface area (Å²) in [4.78, 5) is 5.77. The minimum atomic E-state index is -3.32. The van der Waals surface area contributed by atoms with Crippen LogP contribution < -0.4 is 0 Å². The van der Waals surface area contributed by atoms with E-state index in [-0.39, 0.29) is 6.10 Å². The minimum Gasteiger partial charge on any atom is -0.392 e. The topological polar surface area (TPSA) is 55.7 Å². The predicted octanol–water partition coefficient (Wildman–Crippen LogP) is 4.06. The van der Waals surface area contributed by atoms with Crippen LogP contribution >= 0.6 is 27.5 Å². The zero-order valence-electron chi connectivity index (χ0n) is 12.6. The van der Waals surface area contributed by atoms with Crippen molar-refractivity contribution in [2.75, 3.05) is 12.1 Å². The van der Waals surface area contributed by atoms with Crippen LogP contribution in [0.25, 0.3) is 0 Å². The van der Waals surface area contributed by atoms with Crippen LogP contribution in [0.5, 0.6) is 0 Å². The predicted molar refractivity (Wildman–Crippen MR) is 92.6 cm³/mol. The zero-order chi connectivity index (χ0) is 16.3. The molecule has 0 spiro atoms. The molecule has 0 bridgehead atoms. The fraction of sp³-hybridized carbons (Fsp3) is 0.533. The van der Waals surface area contributed by atoms with Crippen LogP contribution in [0.1, 0.15) is 36.8 Å². The summed E-state index contributed by atoms with van der Waals surface area (Å²) in [6, 6.07) is 3.37. The zero-order valence-corrected chi connectivity index (χ0v) is 15.8. The number of alkyl halides is 1. The lowest BCUT2D eigenvalue weighted by Crippen LogP contribution is -2.13. The average Bonchev–Trinajstić information content (AvgIpc) is 2.89. The Bertz CT molecular complexity index is 688. The van der Waals surface area contributed by atoms with Gasteiger partial charge < -0.3 is 4.84 Å². The molecule has 0 aliphatic carbocycles. The number of oxime groups is 1. The van der Waals surface area contributed by atoms with Crippen molar-refractivity contribution in [1.29, 1.82) is 0 Å². The molecular weight excluding hydrogens is 390 g/mol. The Hall–Kier alpha value is -0.590. The van der Waals surface area contributed by atoms with Gasteiger partial charge >= 0.3 is 0 Å². The van der Waals surface area contributed by atoms with Gasteiger partial charge in [-0.1, -0.05) is 21.1 Å². The molecule has 4 nitrogen and oxygen atoms in total. The largest absolute Gasteiger partial charge is 0.392 e. The van der Waals surface area contributed by atoms with Crippen molar-refractivity contribution in [3.05, 3.63) is 27.7 Å². The quantitative estimate of drug-likeness (QED) is 0.527. The number of rotatable bonds is 6. The molecule has 0 amide bonds. The molecule has 0 saturated heterocycles. The fourth-order valence-electron chi connectivity index (χ4n) is 2.53. The summed E-state index contributed by atoms with van der Waals surface area (Å²) in [5.41, 5.74) is 2.23. The Kier molecular flexibility index (Phi) is 5.91. The molecule has 1 aliphatic heterocycles. The van der Waals surface area contributed by atoms with Gasteiger partial charge in [0.25, 0.3) is 0 Å². The molecule has 0 saturated carbocycles. The maximum atomic E-state index is 12.0. The van der Waals surface area contributed by atoms with Crippen LogP contribution in [-0.4, -0.2) is 32.4 Å². The number of halogens is 2. The van der Waals surface area contributed by atoms with E-state index in [4.69, 9.17) is 16.4 Å². The molecule has 1 atom stereocenters. The van der Waals surface area contributed by atoms with E-state index in [2.05, 4.69) is 21.1 Å². The summed E-state index contributed by atoms with van der Waals surface area (Å²) in [5, 5.41) is 4.14. The third-order valence-electron chi connectivity index (χ3n) is 3.69.